The number of likely N-dealkylation sites (tertiary alicyclic amines) is 1. The van der Waals surface area contributed by atoms with Gasteiger partial charge in [-0.25, -0.2) is 4.79 Å². The Labute approximate surface area is 135 Å². The molecule has 0 unspecified atom stereocenters. The summed E-state index contributed by atoms with van der Waals surface area (Å²) in [6.45, 7) is 5.13. The highest BCUT2D eigenvalue weighted by Crippen LogP contribution is 2.26. The van der Waals surface area contributed by atoms with E-state index in [9.17, 15) is 19.6 Å². The van der Waals surface area contributed by atoms with Gasteiger partial charge in [0.2, 0.25) is 0 Å². The van der Waals surface area contributed by atoms with Crippen LogP contribution in [-0.4, -0.2) is 59.7 Å². The second-order valence-electron chi connectivity index (χ2n) is 5.78. The average Bonchev–Trinajstić information content (AvgIpc) is 3.06. The van der Waals surface area contributed by atoms with Crippen LogP contribution in [0.4, 0.5) is 4.79 Å². The molecule has 0 N–H and O–H groups in total. The number of hydrogen-bond donors (Lipinski definition) is 0. The van der Waals surface area contributed by atoms with E-state index in [0.717, 1.165) is 41.4 Å². The van der Waals surface area contributed by atoms with Crippen LogP contribution in [0, 0.1) is 11.3 Å². The molecular weight excluding hydrogens is 296 g/mol. The third kappa shape index (κ3) is 2.72. The van der Waals surface area contributed by atoms with E-state index in [2.05, 4.69) is 11.0 Å². The van der Waals surface area contributed by atoms with Gasteiger partial charge in [-0.3, -0.25) is 19.4 Å². The molecule has 23 heavy (non-hydrogen) atoms. The van der Waals surface area contributed by atoms with Crippen LogP contribution in [0.25, 0.3) is 0 Å². The lowest BCUT2D eigenvalue weighted by Crippen LogP contribution is -2.53. The van der Waals surface area contributed by atoms with Gasteiger partial charge in [-0.15, -0.1) is 0 Å². The molecule has 0 bridgehead atoms. The lowest BCUT2D eigenvalue weighted by molar-refractivity contribution is -0.134. The Balaban J connectivity index is 2.55. The van der Waals surface area contributed by atoms with Gasteiger partial charge in [-0.05, 0) is 32.3 Å². The van der Waals surface area contributed by atoms with E-state index in [-0.39, 0.29) is 5.57 Å². The zero-order valence-corrected chi connectivity index (χ0v) is 13.8. The van der Waals surface area contributed by atoms with Crippen LogP contribution in [0.3, 0.4) is 0 Å². The molecule has 0 aromatic rings. The fraction of sp³-hybridized carbons (Fsp3) is 0.500. The smallest absolute Gasteiger partial charge is 0.333 e. The molecule has 0 spiro atoms. The van der Waals surface area contributed by atoms with Crippen molar-refractivity contribution in [2.45, 2.75) is 26.7 Å². The lowest BCUT2D eigenvalue weighted by atomic mass is 9.97. The second kappa shape index (κ2) is 6.24. The molecule has 122 valence electrons. The minimum Gasteiger partial charge on any atom is -0.374 e. The Bertz CT molecular complexity index is 652. The van der Waals surface area contributed by atoms with E-state index in [4.69, 9.17) is 0 Å². The Hall–Kier alpha value is -2.62. The maximum atomic E-state index is 12.4. The third-order valence-corrected chi connectivity index (χ3v) is 4.41. The van der Waals surface area contributed by atoms with Gasteiger partial charge in [0.05, 0.1) is 5.57 Å². The van der Waals surface area contributed by atoms with Crippen molar-refractivity contribution < 1.29 is 14.4 Å². The number of rotatable bonds is 2. The molecule has 0 aromatic heterocycles. The standard InChI is InChI=1S/C16H20N4O3/c1-10(12(9-17)11(2)20-7-5-6-8-20)13-14(21)18(3)16(23)19(4)15(13)22/h5-8H2,1-4H3/b12-11+. The largest absolute Gasteiger partial charge is 0.374 e. The molecule has 0 radical (unpaired) electrons. The van der Waals surface area contributed by atoms with Crippen LogP contribution < -0.4 is 0 Å². The molecule has 0 atom stereocenters. The van der Waals surface area contributed by atoms with Gasteiger partial charge in [-0.1, -0.05) is 0 Å². The lowest BCUT2D eigenvalue weighted by Gasteiger charge is -2.30. The van der Waals surface area contributed by atoms with E-state index >= 15 is 0 Å². The van der Waals surface area contributed by atoms with E-state index in [1.807, 2.05) is 6.92 Å². The van der Waals surface area contributed by atoms with Crippen LogP contribution in [0.1, 0.15) is 26.7 Å². The van der Waals surface area contributed by atoms with E-state index in [1.54, 1.807) is 6.92 Å². The Kier molecular flexibility index (Phi) is 4.55. The van der Waals surface area contributed by atoms with Crippen molar-refractivity contribution >= 4 is 17.8 Å². The predicted octanol–water partition coefficient (Wildman–Crippen LogP) is 1.25. The number of carbonyl (C=O) groups excluding carboxylic acids is 3. The summed E-state index contributed by atoms with van der Waals surface area (Å²) in [5.41, 5.74) is 1.28. The molecule has 7 nitrogen and oxygen atoms in total. The van der Waals surface area contributed by atoms with Crippen molar-refractivity contribution in [2.75, 3.05) is 27.2 Å². The molecule has 2 saturated heterocycles. The van der Waals surface area contributed by atoms with Gasteiger partial charge in [0.15, 0.2) is 0 Å². The molecular formula is C16H20N4O3. The quantitative estimate of drug-likeness (QED) is 0.435. The SMILES string of the molecule is CC(=C1C(=O)N(C)C(=O)N(C)C1=O)/C(C#N)=C(\C)N1CCCC1. The molecule has 2 aliphatic rings. The molecule has 7 heteroatoms. The fourth-order valence-corrected chi connectivity index (χ4v) is 2.92. The number of carbonyl (C=O) groups is 3. The first-order chi connectivity index (χ1) is 10.8. The molecule has 0 aromatic carbocycles. The van der Waals surface area contributed by atoms with Crippen molar-refractivity contribution in [3.8, 4) is 6.07 Å². The highest BCUT2D eigenvalue weighted by atomic mass is 16.2. The van der Waals surface area contributed by atoms with Crippen molar-refractivity contribution in [3.05, 3.63) is 22.4 Å². The Morgan fingerprint density at radius 1 is 1.00 bits per heavy atom. The first kappa shape index (κ1) is 16.7. The summed E-state index contributed by atoms with van der Waals surface area (Å²) in [7, 11) is 2.65. The van der Waals surface area contributed by atoms with Crippen LogP contribution in [0.2, 0.25) is 0 Å². The predicted molar refractivity (Wildman–Crippen MR) is 82.8 cm³/mol. The Morgan fingerprint density at radius 3 is 1.91 bits per heavy atom. The first-order valence-electron chi connectivity index (χ1n) is 7.48. The molecule has 0 aliphatic carbocycles. The number of likely N-dealkylation sites (N-methyl/N-ethyl adjacent to an activating group) is 2. The van der Waals surface area contributed by atoms with Gasteiger partial charge in [0.1, 0.15) is 11.6 Å². The average molecular weight is 316 g/mol. The summed E-state index contributed by atoms with van der Waals surface area (Å²) in [6, 6.07) is 1.44. The third-order valence-electron chi connectivity index (χ3n) is 4.41. The summed E-state index contributed by atoms with van der Waals surface area (Å²) in [4.78, 5) is 40.4. The molecule has 2 rings (SSSR count). The molecule has 2 aliphatic heterocycles. The zero-order chi connectivity index (χ0) is 17.3. The summed E-state index contributed by atoms with van der Waals surface area (Å²) >= 11 is 0. The number of allylic oxidation sites excluding steroid dienone is 3. The monoisotopic (exact) mass is 316 g/mol. The summed E-state index contributed by atoms with van der Waals surface area (Å²) in [5, 5.41) is 9.53. The van der Waals surface area contributed by atoms with E-state index in [0.29, 0.717) is 11.1 Å². The van der Waals surface area contributed by atoms with E-state index in [1.165, 1.54) is 14.1 Å². The number of imide groups is 2. The minimum absolute atomic E-state index is 0.121. The highest BCUT2D eigenvalue weighted by Gasteiger charge is 2.39. The fourth-order valence-electron chi connectivity index (χ4n) is 2.92. The maximum Gasteiger partial charge on any atom is 0.333 e. The zero-order valence-electron chi connectivity index (χ0n) is 13.8. The van der Waals surface area contributed by atoms with Crippen molar-refractivity contribution in [3.63, 3.8) is 0 Å². The minimum atomic E-state index is -0.671. The summed E-state index contributed by atoms with van der Waals surface area (Å²) in [6.07, 6.45) is 2.12. The van der Waals surface area contributed by atoms with Crippen LogP contribution in [-0.2, 0) is 9.59 Å². The number of amides is 4. The summed E-state index contributed by atoms with van der Waals surface area (Å²) in [5.74, 6) is -1.34. The van der Waals surface area contributed by atoms with Crippen LogP contribution in [0.5, 0.6) is 0 Å². The number of barbiturate groups is 1. The van der Waals surface area contributed by atoms with Gasteiger partial charge < -0.3 is 4.90 Å². The van der Waals surface area contributed by atoms with Crippen molar-refractivity contribution in [2.24, 2.45) is 0 Å². The van der Waals surface area contributed by atoms with E-state index < -0.39 is 17.8 Å². The molecule has 2 heterocycles. The topological polar surface area (TPSA) is 84.7 Å². The Morgan fingerprint density at radius 2 is 1.48 bits per heavy atom. The van der Waals surface area contributed by atoms with Gasteiger partial charge in [0, 0.05) is 32.9 Å². The number of nitrogens with zero attached hydrogens (tertiary/aromatic N) is 4. The number of nitriles is 1. The second-order valence-corrected chi connectivity index (χ2v) is 5.78. The normalized spacial score (nSPS) is 20.0. The summed E-state index contributed by atoms with van der Waals surface area (Å²) < 4.78 is 0. The van der Waals surface area contributed by atoms with Crippen LogP contribution >= 0.6 is 0 Å². The van der Waals surface area contributed by atoms with Gasteiger partial charge in [0.25, 0.3) is 11.8 Å². The highest BCUT2D eigenvalue weighted by molar-refractivity contribution is 6.29. The number of urea groups is 1. The number of hydrogen-bond acceptors (Lipinski definition) is 5. The van der Waals surface area contributed by atoms with Gasteiger partial charge >= 0.3 is 6.03 Å². The molecule has 4 amide bonds. The van der Waals surface area contributed by atoms with Gasteiger partial charge in [-0.2, -0.15) is 5.26 Å². The molecule has 0 saturated carbocycles. The van der Waals surface area contributed by atoms with Crippen LogP contribution in [0.15, 0.2) is 22.4 Å². The van der Waals surface area contributed by atoms with Crippen molar-refractivity contribution in [1.29, 1.82) is 5.26 Å². The maximum absolute atomic E-state index is 12.4. The molecule has 2 fully saturated rings. The first-order valence-corrected chi connectivity index (χ1v) is 7.48. The van der Waals surface area contributed by atoms with Crippen molar-refractivity contribution in [1.82, 2.24) is 14.7 Å².